The number of carboxylic acid groups (broad SMARTS) is 2. The van der Waals surface area contributed by atoms with E-state index in [1.165, 1.54) is 48.5 Å². The van der Waals surface area contributed by atoms with Crippen molar-refractivity contribution in [2.24, 2.45) is 5.73 Å². The van der Waals surface area contributed by atoms with Crippen LogP contribution < -0.4 is 21.7 Å². The van der Waals surface area contributed by atoms with E-state index < -0.39 is 60.2 Å². The fourth-order valence-electron chi connectivity index (χ4n) is 3.59. The van der Waals surface area contributed by atoms with Gasteiger partial charge in [0, 0.05) is 25.0 Å². The van der Waals surface area contributed by atoms with Gasteiger partial charge in [-0.3, -0.25) is 19.2 Å². The number of rotatable bonds is 15. The van der Waals surface area contributed by atoms with E-state index in [1.807, 2.05) is 0 Å². The summed E-state index contributed by atoms with van der Waals surface area (Å²) in [6.07, 6.45) is -1.03. The summed E-state index contributed by atoms with van der Waals surface area (Å²) in [4.78, 5) is 61.8. The Morgan fingerprint density at radius 2 is 1.12 bits per heavy atom. The largest absolute Gasteiger partial charge is 0.508 e. The third-order valence-corrected chi connectivity index (χ3v) is 6.21. The fraction of sp³-hybridized carbons (Fsp3) is 0.346. The van der Waals surface area contributed by atoms with E-state index in [-0.39, 0.29) is 36.5 Å². The molecule has 14 heteroatoms. The minimum Gasteiger partial charge on any atom is -0.508 e. The van der Waals surface area contributed by atoms with E-state index in [0.717, 1.165) is 0 Å². The molecule has 0 bridgehead atoms. The monoisotopic (exact) mass is 576 g/mol. The Balaban J connectivity index is 2.28. The summed E-state index contributed by atoms with van der Waals surface area (Å²) in [6, 6.07) is 6.30. The van der Waals surface area contributed by atoms with Crippen LogP contribution in [0, 0.1) is 0 Å². The maximum absolute atomic E-state index is 13.3. The van der Waals surface area contributed by atoms with Crippen LogP contribution in [0.15, 0.2) is 48.5 Å². The van der Waals surface area contributed by atoms with E-state index in [2.05, 4.69) is 28.6 Å². The van der Waals surface area contributed by atoms with Crippen molar-refractivity contribution in [3.05, 3.63) is 59.7 Å². The number of amides is 3. The van der Waals surface area contributed by atoms with Crippen molar-refractivity contribution < 1.29 is 44.4 Å². The molecule has 40 heavy (non-hydrogen) atoms. The predicted octanol–water partition coefficient (Wildman–Crippen LogP) is -0.456. The molecule has 0 fully saturated rings. The molecule has 2 aromatic carbocycles. The minimum absolute atomic E-state index is 0.0174. The summed E-state index contributed by atoms with van der Waals surface area (Å²) in [6.45, 7) is 0. The quantitative estimate of drug-likeness (QED) is 0.124. The molecule has 4 atom stereocenters. The SMILES string of the molecule is NC(CS)C(=O)NC(CCC(=O)O)C(=O)NC(Cc1ccc(O)cc1)C(=O)NC(Cc1ccc(O)cc1)C(=O)O. The molecule has 13 nitrogen and oxygen atoms in total. The predicted molar refractivity (Wildman–Crippen MR) is 146 cm³/mol. The van der Waals surface area contributed by atoms with Gasteiger partial charge in [0.05, 0.1) is 6.04 Å². The zero-order valence-electron chi connectivity index (χ0n) is 21.3. The third-order valence-electron chi connectivity index (χ3n) is 5.81. The van der Waals surface area contributed by atoms with Crippen LogP contribution in [0.25, 0.3) is 0 Å². The van der Waals surface area contributed by atoms with Crippen molar-refractivity contribution >= 4 is 42.3 Å². The normalized spacial score (nSPS) is 13.8. The van der Waals surface area contributed by atoms with Crippen LogP contribution in [0.5, 0.6) is 11.5 Å². The molecule has 0 aliphatic rings. The maximum atomic E-state index is 13.3. The van der Waals surface area contributed by atoms with Gasteiger partial charge in [-0.05, 0) is 41.8 Å². The highest BCUT2D eigenvalue weighted by Crippen LogP contribution is 2.14. The number of thiol groups is 1. The summed E-state index contributed by atoms with van der Waals surface area (Å²) in [5, 5.41) is 45.1. The molecule has 0 saturated carbocycles. The topological polar surface area (TPSA) is 228 Å². The number of carbonyl (C=O) groups is 5. The lowest BCUT2D eigenvalue weighted by atomic mass is 10.0. The van der Waals surface area contributed by atoms with Gasteiger partial charge in [-0.25, -0.2) is 4.79 Å². The van der Waals surface area contributed by atoms with Crippen LogP contribution in [0.1, 0.15) is 24.0 Å². The number of benzene rings is 2. The molecule has 0 spiro atoms. The molecule has 0 radical (unpaired) electrons. The zero-order chi connectivity index (χ0) is 29.8. The molecule has 2 aromatic rings. The lowest BCUT2D eigenvalue weighted by Gasteiger charge is -2.25. The Morgan fingerprint density at radius 3 is 1.57 bits per heavy atom. The first-order chi connectivity index (χ1) is 18.9. The Labute approximate surface area is 235 Å². The number of phenols is 2. The fourth-order valence-corrected chi connectivity index (χ4v) is 3.75. The van der Waals surface area contributed by atoms with Gasteiger partial charge in [0.15, 0.2) is 0 Å². The summed E-state index contributed by atoms with van der Waals surface area (Å²) < 4.78 is 0. The molecule has 3 amide bonds. The Bertz CT molecular complexity index is 1190. The Kier molecular flexibility index (Phi) is 12.2. The van der Waals surface area contributed by atoms with E-state index in [4.69, 9.17) is 10.8 Å². The number of phenolic OH excluding ortho intramolecular Hbond substituents is 2. The van der Waals surface area contributed by atoms with Crippen molar-refractivity contribution in [2.75, 3.05) is 5.75 Å². The van der Waals surface area contributed by atoms with Gasteiger partial charge in [0.1, 0.15) is 29.6 Å². The van der Waals surface area contributed by atoms with Gasteiger partial charge in [-0.15, -0.1) is 0 Å². The molecule has 0 heterocycles. The highest BCUT2D eigenvalue weighted by molar-refractivity contribution is 7.80. The number of carbonyl (C=O) groups excluding carboxylic acids is 3. The van der Waals surface area contributed by atoms with E-state index in [9.17, 15) is 39.3 Å². The third kappa shape index (κ3) is 10.5. The average molecular weight is 577 g/mol. The average Bonchev–Trinajstić information content (AvgIpc) is 2.91. The van der Waals surface area contributed by atoms with Crippen LogP contribution in [0.3, 0.4) is 0 Å². The van der Waals surface area contributed by atoms with Gasteiger partial charge in [0.25, 0.3) is 0 Å². The molecule has 9 N–H and O–H groups in total. The molecule has 0 aliphatic heterocycles. The van der Waals surface area contributed by atoms with E-state index >= 15 is 0 Å². The Hall–Kier alpha value is -4.30. The summed E-state index contributed by atoms with van der Waals surface area (Å²) in [5.41, 5.74) is 6.67. The van der Waals surface area contributed by atoms with Gasteiger partial charge in [0.2, 0.25) is 17.7 Å². The highest BCUT2D eigenvalue weighted by atomic mass is 32.1. The van der Waals surface area contributed by atoms with Crippen molar-refractivity contribution in [1.29, 1.82) is 0 Å². The number of nitrogens with one attached hydrogen (secondary N) is 3. The van der Waals surface area contributed by atoms with Gasteiger partial charge < -0.3 is 42.1 Å². The standard InChI is InChI=1S/C26H32N4O9S/c27-18(13-40)23(35)28-19(9-10-22(33)34)24(36)29-20(11-14-1-5-16(31)6-2-14)25(37)30-21(26(38)39)12-15-3-7-17(32)8-4-15/h1-8,18-21,31-32,40H,9-13,27H2,(H,28,35)(H,29,36)(H,30,37)(H,33,34)(H,38,39). The lowest BCUT2D eigenvalue weighted by Crippen LogP contribution is -2.58. The lowest BCUT2D eigenvalue weighted by molar-refractivity contribution is -0.142. The van der Waals surface area contributed by atoms with Crippen LogP contribution >= 0.6 is 12.6 Å². The van der Waals surface area contributed by atoms with E-state index in [0.29, 0.717) is 11.1 Å². The molecule has 2 rings (SSSR count). The first-order valence-electron chi connectivity index (χ1n) is 12.2. The Morgan fingerprint density at radius 1 is 0.700 bits per heavy atom. The smallest absolute Gasteiger partial charge is 0.326 e. The van der Waals surface area contributed by atoms with Crippen LogP contribution in [-0.2, 0) is 36.8 Å². The minimum atomic E-state index is -1.40. The number of carboxylic acids is 2. The van der Waals surface area contributed by atoms with Crippen molar-refractivity contribution in [1.82, 2.24) is 16.0 Å². The number of hydrogen-bond acceptors (Lipinski definition) is 9. The van der Waals surface area contributed by atoms with E-state index in [1.54, 1.807) is 0 Å². The van der Waals surface area contributed by atoms with Crippen molar-refractivity contribution in [2.45, 2.75) is 49.9 Å². The molecule has 0 aliphatic carbocycles. The molecule has 4 unspecified atom stereocenters. The summed E-state index contributed by atoms with van der Waals surface area (Å²) >= 11 is 3.94. The number of nitrogens with two attached hydrogens (primary N) is 1. The van der Waals surface area contributed by atoms with Crippen molar-refractivity contribution in [3.8, 4) is 11.5 Å². The number of hydrogen-bond donors (Lipinski definition) is 9. The second-order valence-electron chi connectivity index (χ2n) is 8.98. The van der Waals surface area contributed by atoms with Crippen LogP contribution in [0.2, 0.25) is 0 Å². The maximum Gasteiger partial charge on any atom is 0.326 e. The molecule has 0 saturated heterocycles. The second kappa shape index (κ2) is 15.3. The molecular weight excluding hydrogens is 544 g/mol. The number of aromatic hydroxyl groups is 2. The van der Waals surface area contributed by atoms with Crippen LogP contribution in [0.4, 0.5) is 0 Å². The molecular formula is C26H32N4O9S. The first kappa shape index (κ1) is 31.9. The number of aliphatic carboxylic acids is 2. The summed E-state index contributed by atoms with van der Waals surface area (Å²) in [5.74, 6) is -5.15. The first-order valence-corrected chi connectivity index (χ1v) is 12.8. The van der Waals surface area contributed by atoms with Crippen LogP contribution in [-0.4, -0.2) is 80.0 Å². The van der Waals surface area contributed by atoms with Gasteiger partial charge in [-0.2, -0.15) is 12.6 Å². The van der Waals surface area contributed by atoms with Gasteiger partial charge in [-0.1, -0.05) is 24.3 Å². The second-order valence-corrected chi connectivity index (χ2v) is 9.35. The molecule has 216 valence electrons. The highest BCUT2D eigenvalue weighted by Gasteiger charge is 2.31. The summed E-state index contributed by atoms with van der Waals surface area (Å²) in [7, 11) is 0. The van der Waals surface area contributed by atoms with Crippen molar-refractivity contribution in [3.63, 3.8) is 0 Å². The molecule has 0 aromatic heterocycles. The zero-order valence-corrected chi connectivity index (χ0v) is 22.2. The van der Waals surface area contributed by atoms with Gasteiger partial charge >= 0.3 is 11.9 Å².